The van der Waals surface area contributed by atoms with Gasteiger partial charge in [0, 0.05) is 12.2 Å². The van der Waals surface area contributed by atoms with E-state index >= 15 is 0 Å². The molecule has 0 radical (unpaired) electrons. The highest BCUT2D eigenvalue weighted by Crippen LogP contribution is 2.15. The Hall–Kier alpha value is -2.61. The summed E-state index contributed by atoms with van der Waals surface area (Å²) in [5, 5.41) is 2.79. The highest BCUT2D eigenvalue weighted by atomic mass is 79.9. The van der Waals surface area contributed by atoms with Gasteiger partial charge in [0.05, 0.1) is 6.54 Å². The molecule has 2 rings (SSSR count). The molecule has 0 aliphatic heterocycles. The van der Waals surface area contributed by atoms with Crippen molar-refractivity contribution in [3.05, 3.63) is 52.4 Å². The Kier molecular flexibility index (Phi) is 7.60. The second kappa shape index (κ2) is 9.91. The molecule has 8 heteroatoms. The van der Waals surface area contributed by atoms with Crippen molar-refractivity contribution in [2.45, 2.75) is 20.3 Å². The van der Waals surface area contributed by atoms with Crippen molar-refractivity contribution in [2.24, 2.45) is 0 Å². The van der Waals surface area contributed by atoms with E-state index in [9.17, 15) is 14.4 Å². The maximum atomic E-state index is 12.4. The molecule has 2 aromatic rings. The number of furan rings is 1. The molecule has 2 amide bonds. The molecule has 0 unspecified atom stereocenters. The molecular formula is C19H21BrN2O5. The zero-order chi connectivity index (χ0) is 19.8. The lowest BCUT2D eigenvalue weighted by Gasteiger charge is -2.21. The maximum absolute atomic E-state index is 12.4. The van der Waals surface area contributed by atoms with Crippen LogP contribution in [0.4, 0.5) is 5.69 Å². The third kappa shape index (κ3) is 6.25. The number of carbonyl (C=O) groups excluding carboxylic acids is 3. The van der Waals surface area contributed by atoms with Crippen LogP contribution in [-0.2, 0) is 14.3 Å². The summed E-state index contributed by atoms with van der Waals surface area (Å²) in [7, 11) is 0. The van der Waals surface area contributed by atoms with Crippen LogP contribution in [0.5, 0.6) is 0 Å². The van der Waals surface area contributed by atoms with E-state index in [1.165, 1.54) is 11.0 Å². The SMILES string of the molecule is CCCN(CC(=O)Nc1ccccc1C)C(=O)COC(=O)c1ccc(Br)o1. The zero-order valence-corrected chi connectivity index (χ0v) is 16.7. The van der Waals surface area contributed by atoms with Crippen LogP contribution in [0.2, 0.25) is 0 Å². The maximum Gasteiger partial charge on any atom is 0.374 e. The Labute approximate surface area is 165 Å². The van der Waals surface area contributed by atoms with E-state index in [0.29, 0.717) is 23.3 Å². The van der Waals surface area contributed by atoms with Crippen molar-refractivity contribution >= 4 is 39.4 Å². The van der Waals surface area contributed by atoms with Gasteiger partial charge >= 0.3 is 5.97 Å². The van der Waals surface area contributed by atoms with E-state index in [4.69, 9.17) is 9.15 Å². The Morgan fingerprint density at radius 2 is 1.93 bits per heavy atom. The first-order valence-electron chi connectivity index (χ1n) is 8.46. The third-order valence-electron chi connectivity index (χ3n) is 3.70. The van der Waals surface area contributed by atoms with Gasteiger partial charge in [-0.2, -0.15) is 0 Å². The van der Waals surface area contributed by atoms with E-state index in [0.717, 1.165) is 5.56 Å². The first-order chi connectivity index (χ1) is 12.9. The number of carbonyl (C=O) groups is 3. The van der Waals surface area contributed by atoms with Gasteiger partial charge in [0.15, 0.2) is 11.3 Å². The first-order valence-corrected chi connectivity index (χ1v) is 9.25. The Morgan fingerprint density at radius 3 is 2.56 bits per heavy atom. The van der Waals surface area contributed by atoms with Crippen LogP contribution < -0.4 is 5.32 Å². The summed E-state index contributed by atoms with van der Waals surface area (Å²) in [4.78, 5) is 37.9. The summed E-state index contributed by atoms with van der Waals surface area (Å²) in [5.74, 6) is -1.51. The van der Waals surface area contributed by atoms with Crippen LogP contribution in [0.3, 0.4) is 0 Å². The smallest absolute Gasteiger partial charge is 0.374 e. The number of ether oxygens (including phenoxy) is 1. The molecule has 144 valence electrons. The van der Waals surface area contributed by atoms with Crippen molar-refractivity contribution in [3.8, 4) is 0 Å². The summed E-state index contributed by atoms with van der Waals surface area (Å²) < 4.78 is 10.4. The fourth-order valence-corrected chi connectivity index (χ4v) is 2.66. The summed E-state index contributed by atoms with van der Waals surface area (Å²) in [5.41, 5.74) is 1.62. The van der Waals surface area contributed by atoms with Crippen molar-refractivity contribution < 1.29 is 23.5 Å². The number of hydrogen-bond acceptors (Lipinski definition) is 5. The third-order valence-corrected chi connectivity index (χ3v) is 4.13. The van der Waals surface area contributed by atoms with E-state index in [1.54, 1.807) is 12.1 Å². The van der Waals surface area contributed by atoms with Gasteiger partial charge in [-0.05, 0) is 53.0 Å². The average Bonchev–Trinajstić information content (AvgIpc) is 3.07. The molecule has 27 heavy (non-hydrogen) atoms. The lowest BCUT2D eigenvalue weighted by Crippen LogP contribution is -2.40. The summed E-state index contributed by atoms with van der Waals surface area (Å²) >= 11 is 3.09. The molecule has 1 aromatic heterocycles. The number of amides is 2. The molecule has 0 spiro atoms. The largest absolute Gasteiger partial charge is 0.450 e. The number of rotatable bonds is 8. The van der Waals surface area contributed by atoms with E-state index in [2.05, 4.69) is 21.2 Å². The number of hydrogen-bond donors (Lipinski definition) is 1. The van der Waals surface area contributed by atoms with Crippen LogP contribution in [0.25, 0.3) is 0 Å². The second-order valence-electron chi connectivity index (χ2n) is 5.86. The number of nitrogens with one attached hydrogen (secondary N) is 1. The summed E-state index contributed by atoms with van der Waals surface area (Å²) in [6, 6.07) is 10.4. The quantitative estimate of drug-likeness (QED) is 0.640. The molecule has 0 bridgehead atoms. The number of nitrogens with zero attached hydrogens (tertiary/aromatic N) is 1. The minimum Gasteiger partial charge on any atom is -0.450 e. The summed E-state index contributed by atoms with van der Waals surface area (Å²) in [6.45, 7) is 3.58. The Bertz CT molecular complexity index is 818. The van der Waals surface area contributed by atoms with Gasteiger partial charge in [0.1, 0.15) is 0 Å². The number of aryl methyl sites for hydroxylation is 1. The fraction of sp³-hybridized carbons (Fsp3) is 0.316. The Morgan fingerprint density at radius 1 is 1.19 bits per heavy atom. The molecule has 0 fully saturated rings. The van der Waals surface area contributed by atoms with Crippen LogP contribution in [0.15, 0.2) is 45.5 Å². The van der Waals surface area contributed by atoms with Crippen molar-refractivity contribution in [2.75, 3.05) is 25.0 Å². The topological polar surface area (TPSA) is 88.9 Å². The first kappa shape index (κ1) is 20.7. The lowest BCUT2D eigenvalue weighted by atomic mass is 10.2. The predicted octanol–water partition coefficient (Wildman–Crippen LogP) is 3.38. The Balaban J connectivity index is 1.90. The average molecular weight is 437 g/mol. The molecule has 0 aliphatic rings. The minimum absolute atomic E-state index is 0.00554. The monoisotopic (exact) mass is 436 g/mol. The van der Waals surface area contributed by atoms with E-state index < -0.39 is 18.5 Å². The number of benzene rings is 1. The van der Waals surface area contributed by atoms with Crippen molar-refractivity contribution in [3.63, 3.8) is 0 Å². The molecule has 0 aliphatic carbocycles. The number of halogens is 1. The molecular weight excluding hydrogens is 416 g/mol. The summed E-state index contributed by atoms with van der Waals surface area (Å²) in [6.07, 6.45) is 0.669. The molecule has 0 atom stereocenters. The molecule has 1 aromatic carbocycles. The van der Waals surface area contributed by atoms with Gasteiger partial charge in [-0.25, -0.2) is 4.79 Å². The van der Waals surface area contributed by atoms with Crippen LogP contribution in [-0.4, -0.2) is 42.4 Å². The minimum atomic E-state index is -0.741. The van der Waals surface area contributed by atoms with Gasteiger partial charge in [-0.3, -0.25) is 9.59 Å². The van der Waals surface area contributed by atoms with Crippen LogP contribution in [0, 0.1) is 6.92 Å². The standard InChI is InChI=1S/C19H21BrN2O5/c1-3-10-22(11-17(23)21-14-7-5-4-6-13(14)2)18(24)12-26-19(25)15-8-9-16(20)27-15/h4-9H,3,10-12H2,1-2H3,(H,21,23). The van der Waals surface area contributed by atoms with Gasteiger partial charge in [-0.15, -0.1) is 0 Å². The number of para-hydroxylation sites is 1. The predicted molar refractivity (Wildman–Crippen MR) is 103 cm³/mol. The van der Waals surface area contributed by atoms with Gasteiger partial charge in [0.25, 0.3) is 5.91 Å². The number of anilines is 1. The molecule has 1 heterocycles. The fourth-order valence-electron chi connectivity index (χ4n) is 2.35. The normalized spacial score (nSPS) is 10.3. The molecule has 0 saturated heterocycles. The lowest BCUT2D eigenvalue weighted by molar-refractivity contribution is -0.137. The highest BCUT2D eigenvalue weighted by molar-refractivity contribution is 9.10. The number of esters is 1. The second-order valence-corrected chi connectivity index (χ2v) is 6.64. The van der Waals surface area contributed by atoms with Crippen molar-refractivity contribution in [1.82, 2.24) is 4.90 Å². The van der Waals surface area contributed by atoms with E-state index in [-0.39, 0.29) is 18.2 Å². The zero-order valence-electron chi connectivity index (χ0n) is 15.2. The van der Waals surface area contributed by atoms with Gasteiger partial charge in [0.2, 0.25) is 11.7 Å². The molecule has 1 N–H and O–H groups in total. The van der Waals surface area contributed by atoms with Crippen LogP contribution >= 0.6 is 15.9 Å². The van der Waals surface area contributed by atoms with Crippen molar-refractivity contribution in [1.29, 1.82) is 0 Å². The molecule has 7 nitrogen and oxygen atoms in total. The van der Waals surface area contributed by atoms with Gasteiger partial charge < -0.3 is 19.4 Å². The van der Waals surface area contributed by atoms with E-state index in [1.807, 2.05) is 32.0 Å². The highest BCUT2D eigenvalue weighted by Gasteiger charge is 2.20. The molecule has 0 saturated carbocycles. The van der Waals surface area contributed by atoms with Gasteiger partial charge in [-0.1, -0.05) is 25.1 Å². The van der Waals surface area contributed by atoms with Crippen LogP contribution in [0.1, 0.15) is 29.5 Å².